The third kappa shape index (κ3) is 6.59. The molecule has 0 atom stereocenters. The monoisotopic (exact) mass is 794 g/mol. The number of benzene rings is 4. The van der Waals surface area contributed by atoms with Crippen LogP contribution >= 0.6 is 46.1 Å². The first kappa shape index (κ1) is 36.6. The van der Waals surface area contributed by atoms with E-state index in [1.807, 2.05) is 11.3 Å². The van der Waals surface area contributed by atoms with Crippen LogP contribution in [0.15, 0.2) is 84.9 Å². The second-order valence-electron chi connectivity index (χ2n) is 15.4. The summed E-state index contributed by atoms with van der Waals surface area (Å²) in [4.78, 5) is 4.91. The van der Waals surface area contributed by atoms with Gasteiger partial charge in [0, 0.05) is 41.6 Å². The van der Waals surface area contributed by atoms with Gasteiger partial charge in [-0.1, -0.05) is 125 Å². The topological polar surface area (TPSA) is 51.6 Å². The van der Waals surface area contributed by atoms with Gasteiger partial charge in [0.25, 0.3) is 0 Å². The molecule has 1 aliphatic rings. The Kier molecular flexibility index (Phi) is 10.3. The molecule has 0 saturated carbocycles. The van der Waals surface area contributed by atoms with Crippen LogP contribution in [0.1, 0.15) is 100 Å². The molecule has 0 aliphatic heterocycles. The summed E-state index contributed by atoms with van der Waals surface area (Å²) in [5, 5.41) is 0. The van der Waals surface area contributed by atoms with Crippen LogP contribution in [-0.4, -0.2) is 17.5 Å². The molecule has 0 bridgehead atoms. The predicted octanol–water partition coefficient (Wildman–Crippen LogP) is 15.3. The zero-order valence-electron chi connectivity index (χ0n) is 32.1. The highest BCUT2D eigenvalue weighted by molar-refractivity contribution is 7.19. The van der Waals surface area contributed by atoms with Crippen LogP contribution in [0.3, 0.4) is 0 Å². The Labute approximate surface area is 341 Å². The van der Waals surface area contributed by atoms with Gasteiger partial charge in [0.1, 0.15) is 22.1 Å². The molecule has 0 radical (unpaired) electrons. The van der Waals surface area contributed by atoms with Crippen molar-refractivity contribution in [3.8, 4) is 52.9 Å². The minimum atomic E-state index is 0.0761. The van der Waals surface area contributed by atoms with Crippen molar-refractivity contribution in [2.75, 3.05) is 0 Å². The highest BCUT2D eigenvalue weighted by Gasteiger charge is 2.42. The second kappa shape index (κ2) is 15.5. The summed E-state index contributed by atoms with van der Waals surface area (Å²) in [6.45, 7) is 9.00. The lowest BCUT2D eigenvalue weighted by Crippen LogP contribution is -2.25. The molecule has 9 rings (SSSR count). The SMILES string of the molecule is CCCCCCC1(CCCCCC)c2cc(C)ccc2-c2ccc(-c3ccc(-c4ccc(-c5ccc(-c6ccc(C)c7nsnc67)s5)c5nsnc45)s3)cc21. The summed E-state index contributed by atoms with van der Waals surface area (Å²) in [7, 11) is 0. The first-order valence-corrected chi connectivity index (χ1v) is 23.0. The Balaban J connectivity index is 1.06. The smallest absolute Gasteiger partial charge is 0.114 e. The summed E-state index contributed by atoms with van der Waals surface area (Å²) < 4.78 is 18.9. The Bertz CT molecular complexity index is 2630. The maximum Gasteiger partial charge on any atom is 0.114 e. The van der Waals surface area contributed by atoms with E-state index in [1.54, 1.807) is 22.5 Å². The zero-order valence-corrected chi connectivity index (χ0v) is 35.3. The standard InChI is InChI=1S/C47H46N4S4/c1-5-7-9-11-25-47(26-12-10-8-6-2)37-27-29(3)13-16-32(37)33-18-15-31(28-38(33)47)39-21-22-40(52-39)35-19-20-36(46-45(35)50-55-51-46)42-24-23-41(53-42)34-17-14-30(4)43-44(34)49-54-48-43/h13-24,27-28H,5-12,25-26H2,1-4H3. The maximum absolute atomic E-state index is 4.88. The van der Waals surface area contributed by atoms with Gasteiger partial charge in [-0.3, -0.25) is 0 Å². The number of hydrogen-bond acceptors (Lipinski definition) is 8. The van der Waals surface area contributed by atoms with Gasteiger partial charge in [-0.2, -0.15) is 17.5 Å². The van der Waals surface area contributed by atoms with Gasteiger partial charge in [-0.05, 0) is 90.4 Å². The van der Waals surface area contributed by atoms with Gasteiger partial charge in [0.2, 0.25) is 0 Å². The van der Waals surface area contributed by atoms with E-state index in [9.17, 15) is 0 Å². The molecule has 8 heteroatoms. The van der Waals surface area contributed by atoms with Crippen LogP contribution < -0.4 is 0 Å². The molecule has 4 aromatic carbocycles. The van der Waals surface area contributed by atoms with Crippen molar-refractivity contribution in [1.29, 1.82) is 0 Å². The van der Waals surface area contributed by atoms with E-state index in [0.29, 0.717) is 0 Å². The molecule has 0 fully saturated rings. The minimum absolute atomic E-state index is 0.0761. The van der Waals surface area contributed by atoms with E-state index in [0.717, 1.165) is 44.3 Å². The van der Waals surface area contributed by atoms with E-state index in [2.05, 4.69) is 121 Å². The number of unbranched alkanes of at least 4 members (excludes halogenated alkanes) is 6. The lowest BCUT2D eigenvalue weighted by Gasteiger charge is -2.33. The molecule has 0 amide bonds. The quantitative estimate of drug-likeness (QED) is 0.103. The molecule has 278 valence electrons. The van der Waals surface area contributed by atoms with Crippen LogP contribution in [0.5, 0.6) is 0 Å². The molecule has 8 aromatic rings. The van der Waals surface area contributed by atoms with Gasteiger partial charge in [0.15, 0.2) is 0 Å². The zero-order chi connectivity index (χ0) is 37.5. The van der Waals surface area contributed by atoms with Crippen molar-refractivity contribution >= 4 is 68.2 Å². The third-order valence-corrected chi connectivity index (χ3v) is 15.1. The van der Waals surface area contributed by atoms with Crippen molar-refractivity contribution in [2.45, 2.75) is 97.3 Å². The van der Waals surface area contributed by atoms with Crippen molar-refractivity contribution in [2.24, 2.45) is 0 Å². The van der Waals surface area contributed by atoms with Crippen LogP contribution in [0, 0.1) is 13.8 Å². The Hall–Kier alpha value is -4.08. The molecular weight excluding hydrogens is 749 g/mol. The summed E-state index contributed by atoms with van der Waals surface area (Å²) >= 11 is 6.23. The molecule has 0 unspecified atom stereocenters. The fraction of sp³-hybridized carbons (Fsp3) is 0.319. The Morgan fingerprint density at radius 3 is 1.53 bits per heavy atom. The lowest BCUT2D eigenvalue weighted by atomic mass is 9.70. The van der Waals surface area contributed by atoms with Gasteiger partial charge < -0.3 is 0 Å². The van der Waals surface area contributed by atoms with Crippen LogP contribution in [0.4, 0.5) is 0 Å². The summed E-state index contributed by atoms with van der Waals surface area (Å²) in [5.74, 6) is 0. The molecular formula is C47H46N4S4. The molecule has 0 saturated heterocycles. The van der Waals surface area contributed by atoms with E-state index in [4.69, 9.17) is 8.75 Å². The fourth-order valence-electron chi connectivity index (χ4n) is 8.85. The van der Waals surface area contributed by atoms with E-state index < -0.39 is 0 Å². The summed E-state index contributed by atoms with van der Waals surface area (Å²) in [6.07, 6.45) is 12.8. The molecule has 4 aromatic heterocycles. The number of rotatable bonds is 14. The molecule has 4 nitrogen and oxygen atoms in total. The van der Waals surface area contributed by atoms with Gasteiger partial charge in [-0.15, -0.1) is 22.7 Å². The van der Waals surface area contributed by atoms with Crippen molar-refractivity contribution in [3.63, 3.8) is 0 Å². The van der Waals surface area contributed by atoms with E-state index in [1.165, 1.54) is 129 Å². The van der Waals surface area contributed by atoms with E-state index >= 15 is 0 Å². The molecule has 4 heterocycles. The minimum Gasteiger partial charge on any atom is -0.173 e. The summed E-state index contributed by atoms with van der Waals surface area (Å²) in [5.41, 5.74) is 17.3. The molecule has 55 heavy (non-hydrogen) atoms. The number of nitrogens with zero attached hydrogens (tertiary/aromatic N) is 4. The highest BCUT2D eigenvalue weighted by atomic mass is 32.1. The number of thiophene rings is 2. The fourth-order valence-corrected chi connectivity index (χ4v) is 12.1. The van der Waals surface area contributed by atoms with Crippen LogP contribution in [0.2, 0.25) is 0 Å². The van der Waals surface area contributed by atoms with Crippen molar-refractivity contribution < 1.29 is 0 Å². The third-order valence-electron chi connectivity index (χ3n) is 11.8. The van der Waals surface area contributed by atoms with Gasteiger partial charge in [-0.25, -0.2) is 0 Å². The first-order chi connectivity index (χ1) is 27.0. The first-order valence-electron chi connectivity index (χ1n) is 19.9. The van der Waals surface area contributed by atoms with Gasteiger partial charge in [0.05, 0.1) is 23.5 Å². The normalized spacial score (nSPS) is 13.2. The average Bonchev–Trinajstić information content (AvgIpc) is 4.06. The molecule has 1 aliphatic carbocycles. The Morgan fingerprint density at radius 1 is 0.455 bits per heavy atom. The van der Waals surface area contributed by atoms with Gasteiger partial charge >= 0.3 is 0 Å². The lowest BCUT2D eigenvalue weighted by molar-refractivity contribution is 0.401. The number of aryl methyl sites for hydroxylation is 2. The molecule has 0 spiro atoms. The number of aromatic nitrogens is 4. The second-order valence-corrected chi connectivity index (χ2v) is 18.6. The largest absolute Gasteiger partial charge is 0.173 e. The molecule has 0 N–H and O–H groups in total. The summed E-state index contributed by atoms with van der Waals surface area (Å²) in [6, 6.07) is 32.4. The van der Waals surface area contributed by atoms with Crippen molar-refractivity contribution in [1.82, 2.24) is 17.5 Å². The van der Waals surface area contributed by atoms with Crippen LogP contribution in [-0.2, 0) is 5.41 Å². The average molecular weight is 795 g/mol. The van der Waals surface area contributed by atoms with Crippen molar-refractivity contribution in [3.05, 3.63) is 107 Å². The predicted molar refractivity (Wildman–Crippen MR) is 239 cm³/mol. The van der Waals surface area contributed by atoms with E-state index in [-0.39, 0.29) is 5.41 Å². The number of hydrogen-bond donors (Lipinski definition) is 0. The van der Waals surface area contributed by atoms with Crippen LogP contribution in [0.25, 0.3) is 75.0 Å². The maximum atomic E-state index is 4.88. The Morgan fingerprint density at radius 2 is 0.927 bits per heavy atom. The number of fused-ring (bicyclic) bond motifs is 5. The highest BCUT2D eigenvalue weighted by Crippen LogP contribution is 2.55.